The summed E-state index contributed by atoms with van der Waals surface area (Å²) in [7, 11) is 0. The van der Waals surface area contributed by atoms with Gasteiger partial charge in [0.1, 0.15) is 5.60 Å². The van der Waals surface area contributed by atoms with Gasteiger partial charge in [0.25, 0.3) is 0 Å². The first-order valence-electron chi connectivity index (χ1n) is 6.30. The van der Waals surface area contributed by atoms with E-state index in [4.69, 9.17) is 4.74 Å². The van der Waals surface area contributed by atoms with Crippen molar-refractivity contribution in [2.24, 2.45) is 5.92 Å². The molecule has 1 aliphatic rings. The minimum atomic E-state index is -0.527. The fourth-order valence-corrected chi connectivity index (χ4v) is 1.72. The van der Waals surface area contributed by atoms with Crippen LogP contribution in [0.2, 0.25) is 0 Å². The fourth-order valence-electron chi connectivity index (χ4n) is 1.72. The minimum absolute atomic E-state index is 0.0977. The lowest BCUT2D eigenvalue weighted by atomic mass is 9.81. The molecule has 4 heteroatoms. The van der Waals surface area contributed by atoms with E-state index >= 15 is 0 Å². The number of carbonyl (C=O) groups excluding carboxylic acids is 2. The van der Waals surface area contributed by atoms with Gasteiger partial charge in [-0.1, -0.05) is 19.3 Å². The van der Waals surface area contributed by atoms with Gasteiger partial charge in [-0.15, -0.1) is 0 Å². The van der Waals surface area contributed by atoms with Gasteiger partial charge < -0.3 is 10.1 Å². The molecule has 17 heavy (non-hydrogen) atoms. The Hall–Kier alpha value is -1.06. The molecule has 0 aromatic rings. The molecule has 0 aromatic carbocycles. The Morgan fingerprint density at radius 2 is 1.94 bits per heavy atom. The van der Waals surface area contributed by atoms with E-state index in [-0.39, 0.29) is 5.78 Å². The first kappa shape index (κ1) is 14.0. The van der Waals surface area contributed by atoms with E-state index in [1.807, 2.05) is 0 Å². The Kier molecular flexibility index (Phi) is 4.54. The highest BCUT2D eigenvalue weighted by Gasteiger charge is 2.25. The number of alkyl carbamates (subject to hydrolysis) is 1. The lowest BCUT2D eigenvalue weighted by molar-refractivity contribution is -0.122. The van der Waals surface area contributed by atoms with Gasteiger partial charge in [0, 0.05) is 6.42 Å². The summed E-state index contributed by atoms with van der Waals surface area (Å²) < 4.78 is 5.10. The molecule has 0 heterocycles. The number of hydrogen-bond donors (Lipinski definition) is 1. The summed E-state index contributed by atoms with van der Waals surface area (Å²) in [5.41, 5.74) is -0.527. The third kappa shape index (κ3) is 5.20. The van der Waals surface area contributed by atoms with Crippen LogP contribution in [0.15, 0.2) is 0 Å². The van der Waals surface area contributed by atoms with Crippen LogP contribution in [0.1, 0.15) is 53.4 Å². The van der Waals surface area contributed by atoms with Crippen molar-refractivity contribution >= 4 is 11.9 Å². The maximum Gasteiger partial charge on any atom is 0.408 e. The Morgan fingerprint density at radius 3 is 2.35 bits per heavy atom. The van der Waals surface area contributed by atoms with Crippen molar-refractivity contribution < 1.29 is 14.3 Å². The lowest BCUT2D eigenvalue weighted by Crippen LogP contribution is -2.42. The topological polar surface area (TPSA) is 55.4 Å². The molecule has 1 N–H and O–H groups in total. The molecule has 1 rings (SSSR count). The molecule has 0 radical (unpaired) electrons. The number of rotatable bonds is 4. The molecule has 0 spiro atoms. The number of hydrogen-bond acceptors (Lipinski definition) is 3. The molecule has 0 aromatic heterocycles. The third-order valence-corrected chi connectivity index (χ3v) is 2.93. The van der Waals surface area contributed by atoms with Crippen LogP contribution in [0, 0.1) is 5.92 Å². The summed E-state index contributed by atoms with van der Waals surface area (Å²) in [6.07, 6.45) is 3.57. The summed E-state index contributed by atoms with van der Waals surface area (Å²) in [6.45, 7) is 7.11. The van der Waals surface area contributed by atoms with Crippen molar-refractivity contribution in [1.29, 1.82) is 0 Å². The number of amides is 1. The van der Waals surface area contributed by atoms with Crippen molar-refractivity contribution in [1.82, 2.24) is 5.32 Å². The quantitative estimate of drug-likeness (QED) is 0.823. The van der Waals surface area contributed by atoms with Crippen LogP contribution in [0.25, 0.3) is 0 Å². The van der Waals surface area contributed by atoms with Crippen molar-refractivity contribution in [3.05, 3.63) is 0 Å². The average molecular weight is 241 g/mol. The van der Waals surface area contributed by atoms with Gasteiger partial charge >= 0.3 is 6.09 Å². The van der Waals surface area contributed by atoms with Crippen LogP contribution in [0.3, 0.4) is 0 Å². The molecule has 1 amide bonds. The molecule has 1 fully saturated rings. The van der Waals surface area contributed by atoms with Crippen LogP contribution in [-0.4, -0.2) is 23.5 Å². The molecule has 1 saturated carbocycles. The van der Waals surface area contributed by atoms with Crippen molar-refractivity contribution in [3.8, 4) is 0 Å². The highest BCUT2D eigenvalue weighted by atomic mass is 16.6. The Labute approximate surface area is 103 Å². The first-order chi connectivity index (χ1) is 7.78. The van der Waals surface area contributed by atoms with E-state index < -0.39 is 17.7 Å². The Bertz CT molecular complexity index is 290. The van der Waals surface area contributed by atoms with Gasteiger partial charge in [-0.05, 0) is 33.6 Å². The predicted molar refractivity (Wildman–Crippen MR) is 65.8 cm³/mol. The summed E-state index contributed by atoms with van der Waals surface area (Å²) >= 11 is 0. The zero-order chi connectivity index (χ0) is 13.1. The summed E-state index contributed by atoms with van der Waals surface area (Å²) in [5, 5.41) is 2.58. The molecule has 1 unspecified atom stereocenters. The second-order valence-electron chi connectivity index (χ2n) is 5.84. The monoisotopic (exact) mass is 241 g/mol. The second-order valence-corrected chi connectivity index (χ2v) is 5.84. The number of Topliss-reactive ketones (excluding diaryl/α,β-unsaturated/α-hetero) is 1. The predicted octanol–water partition coefficient (Wildman–Crippen LogP) is 2.66. The van der Waals surface area contributed by atoms with E-state index in [1.165, 1.54) is 6.42 Å². The highest BCUT2D eigenvalue weighted by Crippen LogP contribution is 2.29. The first-order valence-corrected chi connectivity index (χ1v) is 6.30. The van der Waals surface area contributed by atoms with Crippen molar-refractivity contribution in [2.75, 3.05) is 0 Å². The fraction of sp³-hybridized carbons (Fsp3) is 0.846. The van der Waals surface area contributed by atoms with E-state index in [0.29, 0.717) is 12.3 Å². The molecule has 0 bridgehead atoms. The van der Waals surface area contributed by atoms with E-state index in [2.05, 4.69) is 5.32 Å². The summed E-state index contributed by atoms with van der Waals surface area (Å²) in [4.78, 5) is 23.2. The number of nitrogens with one attached hydrogen (secondary N) is 1. The molecular formula is C13H23NO3. The standard InChI is InChI=1S/C13H23NO3/c1-9(11(15)8-10-6-5-7-10)14-12(16)17-13(2,3)4/h9-10H,5-8H2,1-4H3,(H,14,16). The molecule has 1 atom stereocenters. The molecule has 0 saturated heterocycles. The van der Waals surface area contributed by atoms with Crippen molar-refractivity contribution in [2.45, 2.75) is 65.0 Å². The van der Waals surface area contributed by atoms with Gasteiger partial charge in [0.15, 0.2) is 5.78 Å². The van der Waals surface area contributed by atoms with Crippen LogP contribution in [-0.2, 0) is 9.53 Å². The minimum Gasteiger partial charge on any atom is -0.444 e. The van der Waals surface area contributed by atoms with Crippen LogP contribution < -0.4 is 5.32 Å². The third-order valence-electron chi connectivity index (χ3n) is 2.93. The zero-order valence-electron chi connectivity index (χ0n) is 11.2. The molecule has 4 nitrogen and oxygen atoms in total. The second kappa shape index (κ2) is 5.52. The molecular weight excluding hydrogens is 218 g/mol. The molecule has 1 aliphatic carbocycles. The maximum absolute atomic E-state index is 11.8. The highest BCUT2D eigenvalue weighted by molar-refractivity contribution is 5.87. The number of ether oxygens (including phenoxy) is 1. The molecule has 98 valence electrons. The van der Waals surface area contributed by atoms with Gasteiger partial charge in [0.2, 0.25) is 0 Å². The maximum atomic E-state index is 11.8. The van der Waals surface area contributed by atoms with E-state index in [9.17, 15) is 9.59 Å². The Morgan fingerprint density at radius 1 is 1.35 bits per heavy atom. The largest absolute Gasteiger partial charge is 0.444 e. The smallest absolute Gasteiger partial charge is 0.408 e. The SMILES string of the molecule is CC(NC(=O)OC(C)(C)C)C(=O)CC1CCC1. The zero-order valence-corrected chi connectivity index (χ0v) is 11.2. The average Bonchev–Trinajstić information content (AvgIpc) is 2.07. The van der Waals surface area contributed by atoms with Crippen LogP contribution in [0.4, 0.5) is 4.79 Å². The van der Waals surface area contributed by atoms with Gasteiger partial charge in [-0.25, -0.2) is 4.79 Å². The summed E-state index contributed by atoms with van der Waals surface area (Å²) in [6, 6.07) is -0.453. The van der Waals surface area contributed by atoms with Gasteiger partial charge in [0.05, 0.1) is 6.04 Å². The van der Waals surface area contributed by atoms with Crippen molar-refractivity contribution in [3.63, 3.8) is 0 Å². The van der Waals surface area contributed by atoms with Gasteiger partial charge in [-0.3, -0.25) is 4.79 Å². The van der Waals surface area contributed by atoms with E-state index in [0.717, 1.165) is 12.8 Å². The van der Waals surface area contributed by atoms with Crippen LogP contribution in [0.5, 0.6) is 0 Å². The van der Waals surface area contributed by atoms with E-state index in [1.54, 1.807) is 27.7 Å². The van der Waals surface area contributed by atoms with Gasteiger partial charge in [-0.2, -0.15) is 0 Å². The van der Waals surface area contributed by atoms with Crippen LogP contribution >= 0.6 is 0 Å². The Balaban J connectivity index is 2.29. The molecule has 0 aliphatic heterocycles. The normalized spacial score (nSPS) is 18.1. The number of ketones is 1. The summed E-state index contributed by atoms with van der Waals surface area (Å²) in [5.74, 6) is 0.631. The lowest BCUT2D eigenvalue weighted by Gasteiger charge is -2.26. The number of carbonyl (C=O) groups is 2.